The van der Waals surface area contributed by atoms with Gasteiger partial charge in [0.1, 0.15) is 5.52 Å². The Morgan fingerprint density at radius 2 is 1.93 bits per heavy atom. The van der Waals surface area contributed by atoms with E-state index < -0.39 is 0 Å². The Morgan fingerprint density at radius 1 is 1.15 bits per heavy atom. The Kier molecular flexibility index (Phi) is 4.53. The Morgan fingerprint density at radius 3 is 2.63 bits per heavy atom. The van der Waals surface area contributed by atoms with E-state index >= 15 is 0 Å². The molecule has 1 aromatic carbocycles. The van der Waals surface area contributed by atoms with E-state index in [4.69, 9.17) is 0 Å². The highest BCUT2D eigenvalue weighted by Crippen LogP contribution is 2.16. The van der Waals surface area contributed by atoms with E-state index in [-0.39, 0.29) is 17.2 Å². The van der Waals surface area contributed by atoms with Crippen molar-refractivity contribution >= 4 is 33.8 Å². The molecule has 6 nitrogen and oxygen atoms in total. The molecule has 0 saturated heterocycles. The van der Waals surface area contributed by atoms with Crippen LogP contribution in [0.5, 0.6) is 0 Å². The Hall–Kier alpha value is -2.93. The van der Waals surface area contributed by atoms with Gasteiger partial charge in [0.15, 0.2) is 5.69 Å². The van der Waals surface area contributed by atoms with Crippen LogP contribution in [0.25, 0.3) is 16.6 Å². The van der Waals surface area contributed by atoms with Crippen molar-refractivity contribution in [3.8, 4) is 0 Å². The summed E-state index contributed by atoms with van der Waals surface area (Å²) in [5, 5.41) is 9.25. The van der Waals surface area contributed by atoms with Crippen LogP contribution in [0.1, 0.15) is 29.2 Å². The number of nitrogens with zero attached hydrogens (tertiary/aromatic N) is 3. The van der Waals surface area contributed by atoms with Gasteiger partial charge in [-0.25, -0.2) is 4.52 Å². The molecule has 0 spiro atoms. The van der Waals surface area contributed by atoms with Crippen LogP contribution >= 0.6 is 11.3 Å². The molecule has 0 aliphatic heterocycles. The second-order valence-corrected chi connectivity index (χ2v) is 7.92. The largest absolute Gasteiger partial charge is 0.346 e. The van der Waals surface area contributed by atoms with Gasteiger partial charge in [0, 0.05) is 17.5 Å². The van der Waals surface area contributed by atoms with E-state index in [2.05, 4.69) is 24.3 Å². The number of hydrogen-bond donors (Lipinski definition) is 1. The standard InChI is InChI=1S/C20H20N4O2S/c1-13(2)12-23-16-7-3-4-8-17(16)24-18(20(23)26)10-15(22-24)19(25)21-11-14-6-5-9-27-14/h3-10,13H,11-12H2,1-2H3,(H,21,25). The molecule has 1 N–H and O–H groups in total. The van der Waals surface area contributed by atoms with Crippen molar-refractivity contribution in [3.05, 3.63) is 68.8 Å². The number of para-hydroxylation sites is 2. The summed E-state index contributed by atoms with van der Waals surface area (Å²) in [4.78, 5) is 26.6. The highest BCUT2D eigenvalue weighted by molar-refractivity contribution is 7.09. The van der Waals surface area contributed by atoms with Gasteiger partial charge < -0.3 is 9.88 Å². The van der Waals surface area contributed by atoms with Gasteiger partial charge in [-0.1, -0.05) is 32.0 Å². The number of carbonyl (C=O) groups is 1. The monoisotopic (exact) mass is 380 g/mol. The normalized spacial score (nSPS) is 11.5. The summed E-state index contributed by atoms with van der Waals surface area (Å²) in [7, 11) is 0. The zero-order valence-corrected chi connectivity index (χ0v) is 16.0. The fourth-order valence-corrected chi connectivity index (χ4v) is 3.81. The fourth-order valence-electron chi connectivity index (χ4n) is 3.16. The quantitative estimate of drug-likeness (QED) is 0.578. The van der Waals surface area contributed by atoms with Crippen LogP contribution in [0.4, 0.5) is 0 Å². The van der Waals surface area contributed by atoms with Crippen molar-refractivity contribution in [2.45, 2.75) is 26.9 Å². The summed E-state index contributed by atoms with van der Waals surface area (Å²) in [6.45, 7) is 5.21. The van der Waals surface area contributed by atoms with E-state index in [1.54, 1.807) is 26.5 Å². The average molecular weight is 380 g/mol. The van der Waals surface area contributed by atoms with Crippen molar-refractivity contribution in [1.29, 1.82) is 0 Å². The van der Waals surface area contributed by atoms with Crippen molar-refractivity contribution in [2.75, 3.05) is 0 Å². The SMILES string of the molecule is CC(C)Cn1c(=O)c2cc(C(=O)NCc3cccs3)nn2c2ccccc21. The number of benzene rings is 1. The molecule has 0 bridgehead atoms. The summed E-state index contributed by atoms with van der Waals surface area (Å²) >= 11 is 1.58. The molecular formula is C20H20N4O2S. The molecule has 138 valence electrons. The lowest BCUT2D eigenvalue weighted by atomic mass is 10.2. The number of fused-ring (bicyclic) bond motifs is 3. The van der Waals surface area contributed by atoms with Crippen LogP contribution in [-0.2, 0) is 13.1 Å². The van der Waals surface area contributed by atoms with Gasteiger partial charge in [-0.2, -0.15) is 5.10 Å². The molecule has 27 heavy (non-hydrogen) atoms. The highest BCUT2D eigenvalue weighted by Gasteiger charge is 2.17. The van der Waals surface area contributed by atoms with Gasteiger partial charge >= 0.3 is 0 Å². The van der Waals surface area contributed by atoms with E-state index in [1.165, 1.54) is 0 Å². The minimum atomic E-state index is -0.286. The zero-order valence-electron chi connectivity index (χ0n) is 15.2. The van der Waals surface area contributed by atoms with Crippen molar-refractivity contribution in [2.24, 2.45) is 5.92 Å². The van der Waals surface area contributed by atoms with Gasteiger partial charge in [0.2, 0.25) is 0 Å². The number of thiophene rings is 1. The number of carbonyl (C=O) groups excluding carboxylic acids is 1. The van der Waals surface area contributed by atoms with Crippen LogP contribution < -0.4 is 10.9 Å². The minimum Gasteiger partial charge on any atom is -0.346 e. The van der Waals surface area contributed by atoms with Gasteiger partial charge in [0.05, 0.1) is 17.6 Å². The summed E-state index contributed by atoms with van der Waals surface area (Å²) in [5.74, 6) is 0.0380. The van der Waals surface area contributed by atoms with Crippen LogP contribution in [0.2, 0.25) is 0 Å². The van der Waals surface area contributed by atoms with E-state index in [0.717, 1.165) is 15.9 Å². The van der Waals surface area contributed by atoms with Crippen molar-refractivity contribution in [1.82, 2.24) is 19.5 Å². The van der Waals surface area contributed by atoms with Crippen LogP contribution in [-0.4, -0.2) is 20.1 Å². The molecule has 0 saturated carbocycles. The van der Waals surface area contributed by atoms with Gasteiger partial charge in [-0.05, 0) is 29.5 Å². The average Bonchev–Trinajstić information content (AvgIpc) is 3.33. The van der Waals surface area contributed by atoms with Crippen molar-refractivity contribution in [3.63, 3.8) is 0 Å². The van der Waals surface area contributed by atoms with Gasteiger partial charge in [-0.3, -0.25) is 9.59 Å². The summed E-state index contributed by atoms with van der Waals surface area (Å²) in [5.41, 5.74) is 2.15. The third kappa shape index (κ3) is 3.26. The van der Waals surface area contributed by atoms with Gasteiger partial charge in [-0.15, -0.1) is 11.3 Å². The predicted molar refractivity (Wildman–Crippen MR) is 107 cm³/mol. The molecule has 0 aliphatic carbocycles. The molecule has 0 unspecified atom stereocenters. The number of amides is 1. The molecule has 0 atom stereocenters. The van der Waals surface area contributed by atoms with Crippen LogP contribution in [0.15, 0.2) is 52.6 Å². The lowest BCUT2D eigenvalue weighted by molar-refractivity contribution is 0.0946. The third-order valence-corrected chi connectivity index (χ3v) is 5.23. The maximum atomic E-state index is 13.0. The van der Waals surface area contributed by atoms with E-state index in [0.29, 0.717) is 24.5 Å². The Balaban J connectivity index is 1.79. The molecule has 4 aromatic rings. The first-order valence-electron chi connectivity index (χ1n) is 8.86. The first-order chi connectivity index (χ1) is 13.0. The second kappa shape index (κ2) is 7.00. The first kappa shape index (κ1) is 17.5. The lowest BCUT2D eigenvalue weighted by Crippen LogP contribution is -2.25. The highest BCUT2D eigenvalue weighted by atomic mass is 32.1. The summed E-state index contributed by atoms with van der Waals surface area (Å²) in [6, 6.07) is 13.1. The molecule has 0 fully saturated rings. The topological polar surface area (TPSA) is 68.4 Å². The number of rotatable bonds is 5. The maximum absolute atomic E-state index is 13.0. The lowest BCUT2D eigenvalue weighted by Gasteiger charge is -2.13. The van der Waals surface area contributed by atoms with E-state index in [1.807, 2.05) is 41.8 Å². The molecule has 0 radical (unpaired) electrons. The predicted octanol–water partition coefficient (Wildman–Crippen LogP) is 3.30. The smallest absolute Gasteiger partial charge is 0.277 e. The fraction of sp³-hybridized carbons (Fsp3) is 0.250. The Bertz CT molecular complexity index is 1170. The van der Waals surface area contributed by atoms with Crippen molar-refractivity contribution < 1.29 is 4.79 Å². The minimum absolute atomic E-state index is 0.132. The number of nitrogens with one attached hydrogen (secondary N) is 1. The van der Waals surface area contributed by atoms with Crippen LogP contribution in [0.3, 0.4) is 0 Å². The molecular weight excluding hydrogens is 360 g/mol. The summed E-state index contributed by atoms with van der Waals surface area (Å²) < 4.78 is 3.35. The molecule has 7 heteroatoms. The van der Waals surface area contributed by atoms with E-state index in [9.17, 15) is 9.59 Å². The molecule has 3 aromatic heterocycles. The molecule has 3 heterocycles. The zero-order chi connectivity index (χ0) is 19.0. The third-order valence-electron chi connectivity index (χ3n) is 4.36. The number of hydrogen-bond acceptors (Lipinski definition) is 4. The maximum Gasteiger partial charge on any atom is 0.277 e. The van der Waals surface area contributed by atoms with Crippen LogP contribution in [0, 0.1) is 5.92 Å². The first-order valence-corrected chi connectivity index (χ1v) is 9.74. The number of aromatic nitrogens is 3. The van der Waals surface area contributed by atoms with Gasteiger partial charge in [0.25, 0.3) is 11.5 Å². The second-order valence-electron chi connectivity index (χ2n) is 6.89. The molecule has 4 rings (SSSR count). The Labute approximate surface area is 160 Å². The molecule has 1 amide bonds. The summed E-state index contributed by atoms with van der Waals surface area (Å²) in [6.07, 6.45) is 0. The molecule has 0 aliphatic rings.